The largest absolute Gasteiger partial charge is 0.492 e. The average Bonchev–Trinajstić information content (AvgIpc) is 2.04. The predicted molar refractivity (Wildman–Crippen MR) is 46.0 cm³/mol. The van der Waals surface area contributed by atoms with E-state index >= 15 is 0 Å². The summed E-state index contributed by atoms with van der Waals surface area (Å²) in [6.45, 7) is 2.70. The van der Waals surface area contributed by atoms with Gasteiger partial charge < -0.3 is 10.5 Å². The van der Waals surface area contributed by atoms with Gasteiger partial charge in [-0.3, -0.25) is 4.98 Å². The van der Waals surface area contributed by atoms with E-state index in [9.17, 15) is 0 Å². The lowest BCUT2D eigenvalue weighted by atomic mass is 10.1. The van der Waals surface area contributed by atoms with Gasteiger partial charge in [0.15, 0.2) is 0 Å². The summed E-state index contributed by atoms with van der Waals surface area (Å²) in [6.07, 6.45) is 2.69. The van der Waals surface area contributed by atoms with Crippen LogP contribution in [-0.4, -0.2) is 11.6 Å². The Morgan fingerprint density at radius 1 is 1.67 bits per heavy atom. The van der Waals surface area contributed by atoms with Crippen molar-refractivity contribution in [3.05, 3.63) is 23.5 Å². The molecule has 1 atom stereocenters. The molecule has 0 radical (unpaired) electrons. The molecule has 0 saturated heterocycles. The Morgan fingerprint density at radius 3 is 3.33 bits per heavy atom. The summed E-state index contributed by atoms with van der Waals surface area (Å²) in [5.74, 6) is 0.855. The lowest BCUT2D eigenvalue weighted by Crippen LogP contribution is -2.21. The van der Waals surface area contributed by atoms with Crippen LogP contribution in [0.25, 0.3) is 0 Å². The molecule has 1 aromatic rings. The van der Waals surface area contributed by atoms with Gasteiger partial charge >= 0.3 is 0 Å². The minimum atomic E-state index is 0.0503. The van der Waals surface area contributed by atoms with Crippen LogP contribution in [0.5, 0.6) is 5.75 Å². The molecule has 0 spiro atoms. The van der Waals surface area contributed by atoms with Gasteiger partial charge in [-0.25, -0.2) is 0 Å². The number of nitrogens with zero attached hydrogens (tertiary/aromatic N) is 1. The Balaban J connectivity index is 2.46. The maximum absolute atomic E-state index is 5.85. The van der Waals surface area contributed by atoms with E-state index < -0.39 is 0 Å². The average molecular weight is 164 g/mol. The third-order valence-corrected chi connectivity index (χ3v) is 2.06. The second-order valence-corrected chi connectivity index (χ2v) is 3.14. The number of ether oxygens (including phenoxy) is 1. The summed E-state index contributed by atoms with van der Waals surface area (Å²) in [5.41, 5.74) is 7.86. The Kier molecular flexibility index (Phi) is 1.73. The van der Waals surface area contributed by atoms with E-state index in [1.54, 1.807) is 0 Å². The first kappa shape index (κ1) is 7.55. The zero-order valence-corrected chi connectivity index (χ0v) is 7.08. The second-order valence-electron chi connectivity index (χ2n) is 3.14. The van der Waals surface area contributed by atoms with Crippen molar-refractivity contribution >= 4 is 0 Å². The van der Waals surface area contributed by atoms with Crippen molar-refractivity contribution in [2.45, 2.75) is 19.4 Å². The predicted octanol–water partition coefficient (Wildman–Crippen LogP) is 1.17. The van der Waals surface area contributed by atoms with Gasteiger partial charge in [0.1, 0.15) is 5.75 Å². The summed E-state index contributed by atoms with van der Waals surface area (Å²) >= 11 is 0. The fourth-order valence-electron chi connectivity index (χ4n) is 1.38. The van der Waals surface area contributed by atoms with E-state index in [1.807, 2.05) is 19.2 Å². The van der Waals surface area contributed by atoms with Gasteiger partial charge in [0.25, 0.3) is 0 Å². The molecule has 12 heavy (non-hydrogen) atoms. The Morgan fingerprint density at radius 2 is 2.50 bits per heavy atom. The normalized spacial score (nSPS) is 21.3. The molecule has 2 rings (SSSR count). The SMILES string of the molecule is Cc1cnc2c(c1)OCC[C@H]2N. The van der Waals surface area contributed by atoms with E-state index in [0.29, 0.717) is 6.61 Å². The fraction of sp³-hybridized carbons (Fsp3) is 0.444. The molecule has 0 fully saturated rings. The second kappa shape index (κ2) is 2.75. The fourth-order valence-corrected chi connectivity index (χ4v) is 1.38. The van der Waals surface area contributed by atoms with Crippen LogP contribution in [0.1, 0.15) is 23.7 Å². The van der Waals surface area contributed by atoms with E-state index in [4.69, 9.17) is 10.5 Å². The highest BCUT2D eigenvalue weighted by molar-refractivity contribution is 5.34. The van der Waals surface area contributed by atoms with Gasteiger partial charge in [0.05, 0.1) is 18.3 Å². The first-order valence-electron chi connectivity index (χ1n) is 4.12. The van der Waals surface area contributed by atoms with Gasteiger partial charge in [-0.1, -0.05) is 0 Å². The number of fused-ring (bicyclic) bond motifs is 1. The van der Waals surface area contributed by atoms with Gasteiger partial charge in [-0.2, -0.15) is 0 Å². The van der Waals surface area contributed by atoms with Gasteiger partial charge in [0, 0.05) is 12.6 Å². The highest BCUT2D eigenvalue weighted by atomic mass is 16.5. The van der Waals surface area contributed by atoms with E-state index in [1.165, 1.54) is 0 Å². The molecule has 0 amide bonds. The number of pyridine rings is 1. The van der Waals surface area contributed by atoms with E-state index in [-0.39, 0.29) is 6.04 Å². The summed E-state index contributed by atoms with van der Waals surface area (Å²) in [7, 11) is 0. The third kappa shape index (κ3) is 1.16. The Labute approximate surface area is 71.6 Å². The van der Waals surface area contributed by atoms with Crippen LogP contribution in [0.4, 0.5) is 0 Å². The van der Waals surface area contributed by atoms with E-state index in [0.717, 1.165) is 23.4 Å². The summed E-state index contributed by atoms with van der Waals surface area (Å²) in [6, 6.07) is 2.04. The van der Waals surface area contributed by atoms with Crippen LogP contribution in [0, 0.1) is 6.92 Å². The van der Waals surface area contributed by atoms with Crippen LogP contribution < -0.4 is 10.5 Å². The van der Waals surface area contributed by atoms with Crippen LogP contribution in [-0.2, 0) is 0 Å². The Bertz CT molecular complexity index is 299. The van der Waals surface area contributed by atoms with Crippen molar-refractivity contribution in [2.24, 2.45) is 5.73 Å². The first-order chi connectivity index (χ1) is 5.77. The lowest BCUT2D eigenvalue weighted by molar-refractivity contribution is 0.264. The smallest absolute Gasteiger partial charge is 0.142 e. The Hall–Kier alpha value is -1.09. The van der Waals surface area contributed by atoms with Crippen LogP contribution in [0.3, 0.4) is 0 Å². The third-order valence-electron chi connectivity index (χ3n) is 2.06. The molecule has 0 bridgehead atoms. The van der Waals surface area contributed by atoms with Crippen LogP contribution in [0.15, 0.2) is 12.3 Å². The molecule has 0 saturated carbocycles. The number of hydrogen-bond donors (Lipinski definition) is 1. The highest BCUT2D eigenvalue weighted by Crippen LogP contribution is 2.28. The van der Waals surface area contributed by atoms with Crippen molar-refractivity contribution in [1.29, 1.82) is 0 Å². The minimum Gasteiger partial charge on any atom is -0.492 e. The number of aromatic nitrogens is 1. The maximum atomic E-state index is 5.85. The number of nitrogens with two attached hydrogens (primary N) is 1. The minimum absolute atomic E-state index is 0.0503. The molecule has 2 N–H and O–H groups in total. The zero-order chi connectivity index (χ0) is 8.55. The molecular formula is C9H12N2O. The number of hydrogen-bond acceptors (Lipinski definition) is 3. The lowest BCUT2D eigenvalue weighted by Gasteiger charge is -2.21. The van der Waals surface area contributed by atoms with Gasteiger partial charge in [0.2, 0.25) is 0 Å². The van der Waals surface area contributed by atoms with Gasteiger partial charge in [-0.05, 0) is 18.6 Å². The molecule has 2 heterocycles. The topological polar surface area (TPSA) is 48.1 Å². The highest BCUT2D eigenvalue weighted by Gasteiger charge is 2.18. The van der Waals surface area contributed by atoms with E-state index in [2.05, 4.69) is 4.98 Å². The summed E-state index contributed by atoms with van der Waals surface area (Å²) in [5, 5.41) is 0. The van der Waals surface area contributed by atoms with Crippen molar-refractivity contribution < 1.29 is 4.74 Å². The standard InChI is InChI=1S/C9H12N2O/c1-6-4-8-9(11-5-6)7(10)2-3-12-8/h4-5,7H,2-3,10H2,1H3/t7-/m1/s1. The maximum Gasteiger partial charge on any atom is 0.142 e. The summed E-state index contributed by atoms with van der Waals surface area (Å²) in [4.78, 5) is 4.25. The molecule has 0 aromatic carbocycles. The summed E-state index contributed by atoms with van der Waals surface area (Å²) < 4.78 is 5.43. The first-order valence-corrected chi connectivity index (χ1v) is 4.12. The quantitative estimate of drug-likeness (QED) is 0.626. The molecule has 3 heteroatoms. The number of aryl methyl sites for hydroxylation is 1. The van der Waals surface area contributed by atoms with Crippen molar-refractivity contribution in [1.82, 2.24) is 4.98 Å². The molecule has 1 aliphatic heterocycles. The monoisotopic (exact) mass is 164 g/mol. The van der Waals surface area contributed by atoms with Crippen molar-refractivity contribution in [3.63, 3.8) is 0 Å². The molecule has 1 aromatic heterocycles. The zero-order valence-electron chi connectivity index (χ0n) is 7.08. The molecule has 0 unspecified atom stereocenters. The molecule has 3 nitrogen and oxygen atoms in total. The molecular weight excluding hydrogens is 152 g/mol. The van der Waals surface area contributed by atoms with Crippen molar-refractivity contribution in [2.75, 3.05) is 6.61 Å². The van der Waals surface area contributed by atoms with Gasteiger partial charge in [-0.15, -0.1) is 0 Å². The number of rotatable bonds is 0. The van der Waals surface area contributed by atoms with Crippen molar-refractivity contribution in [3.8, 4) is 5.75 Å². The van der Waals surface area contributed by atoms with Crippen LogP contribution in [0.2, 0.25) is 0 Å². The molecule has 64 valence electrons. The van der Waals surface area contributed by atoms with Crippen LogP contribution >= 0.6 is 0 Å². The molecule has 0 aliphatic carbocycles. The molecule has 1 aliphatic rings.